The molecule has 0 spiro atoms. The van der Waals surface area contributed by atoms with Gasteiger partial charge in [-0.05, 0) is 49.6 Å². The summed E-state index contributed by atoms with van der Waals surface area (Å²) in [7, 11) is 1.63. The molecule has 2 aliphatic heterocycles. The van der Waals surface area contributed by atoms with E-state index < -0.39 is 11.8 Å². The van der Waals surface area contributed by atoms with E-state index in [0.717, 1.165) is 17.7 Å². The summed E-state index contributed by atoms with van der Waals surface area (Å²) in [5, 5.41) is 34.9. The molecule has 3 atom stereocenters. The van der Waals surface area contributed by atoms with Crippen molar-refractivity contribution in [3.8, 4) is 17.2 Å². The summed E-state index contributed by atoms with van der Waals surface area (Å²) in [4.78, 5) is 16.1. The number of aliphatic imine (C=N–C) groups is 1. The van der Waals surface area contributed by atoms with Crippen LogP contribution in [-0.4, -0.2) is 49.3 Å². The zero-order chi connectivity index (χ0) is 24.1. The van der Waals surface area contributed by atoms with E-state index in [9.17, 15) is 15.0 Å². The number of aromatic hydroxyl groups is 1. The molecule has 1 amide bonds. The molecule has 4 rings (SSSR count). The first-order chi connectivity index (χ1) is 16.4. The standard InChI is InChI=1S/C24H29N5O5/c1-15(9-10-24(26-14-27-29-24)16-3-5-17(33-2)6-4-16)11-25-12-20(31)18-7-8-19(30)22-23(18)34-13-21(32)28-22/h3-8,14-15,20,25,30-31H,9-13H2,1-2H3,(H,28,32). The largest absolute Gasteiger partial charge is 0.506 e. The Morgan fingerprint density at radius 3 is 2.74 bits per heavy atom. The van der Waals surface area contributed by atoms with E-state index in [4.69, 9.17) is 9.47 Å². The highest BCUT2D eigenvalue weighted by Crippen LogP contribution is 2.41. The van der Waals surface area contributed by atoms with Crippen molar-refractivity contribution < 1.29 is 24.5 Å². The number of aliphatic hydroxyl groups is 1. The number of ether oxygens (including phenoxy) is 2. The van der Waals surface area contributed by atoms with Gasteiger partial charge in [-0.25, -0.2) is 4.99 Å². The van der Waals surface area contributed by atoms with Crippen molar-refractivity contribution in [3.05, 3.63) is 47.5 Å². The second-order valence-corrected chi connectivity index (χ2v) is 8.54. The van der Waals surface area contributed by atoms with Crippen molar-refractivity contribution in [3.63, 3.8) is 0 Å². The highest BCUT2D eigenvalue weighted by atomic mass is 16.5. The smallest absolute Gasteiger partial charge is 0.262 e. The van der Waals surface area contributed by atoms with Gasteiger partial charge in [-0.1, -0.05) is 19.1 Å². The number of amides is 1. The Morgan fingerprint density at radius 1 is 1.24 bits per heavy atom. The zero-order valence-corrected chi connectivity index (χ0v) is 19.2. The van der Waals surface area contributed by atoms with Crippen LogP contribution < -0.4 is 20.1 Å². The zero-order valence-electron chi connectivity index (χ0n) is 19.2. The Balaban J connectivity index is 1.31. The molecular formula is C24H29N5O5. The average molecular weight is 468 g/mol. The van der Waals surface area contributed by atoms with Crippen molar-refractivity contribution in [2.24, 2.45) is 21.1 Å². The number of fused-ring (bicyclic) bond motifs is 1. The van der Waals surface area contributed by atoms with Gasteiger partial charge in [-0.3, -0.25) is 4.79 Å². The maximum absolute atomic E-state index is 11.6. The molecule has 0 saturated heterocycles. The average Bonchev–Trinajstić information content (AvgIpc) is 3.33. The number of phenolic OH excluding ortho intramolecular Hbond substituents is 1. The Kier molecular flexibility index (Phi) is 7.09. The summed E-state index contributed by atoms with van der Waals surface area (Å²) in [6.45, 7) is 2.93. The van der Waals surface area contributed by atoms with Crippen LogP contribution >= 0.6 is 0 Å². The van der Waals surface area contributed by atoms with Gasteiger partial charge in [-0.2, -0.15) is 5.11 Å². The van der Waals surface area contributed by atoms with E-state index >= 15 is 0 Å². The summed E-state index contributed by atoms with van der Waals surface area (Å²) >= 11 is 0. The number of rotatable bonds is 10. The topological polar surface area (TPSA) is 137 Å². The summed E-state index contributed by atoms with van der Waals surface area (Å²) in [6.07, 6.45) is 2.17. The van der Waals surface area contributed by atoms with Gasteiger partial charge in [0.2, 0.25) is 0 Å². The number of nitrogens with zero attached hydrogens (tertiary/aromatic N) is 3. The predicted molar refractivity (Wildman–Crippen MR) is 126 cm³/mol. The first-order valence-corrected chi connectivity index (χ1v) is 11.2. The molecule has 34 heavy (non-hydrogen) atoms. The van der Waals surface area contributed by atoms with Gasteiger partial charge in [0.15, 0.2) is 18.0 Å². The molecule has 180 valence electrons. The number of anilines is 1. The lowest BCUT2D eigenvalue weighted by molar-refractivity contribution is -0.118. The molecule has 4 N–H and O–H groups in total. The summed E-state index contributed by atoms with van der Waals surface area (Å²) in [5.41, 5.74) is 0.946. The van der Waals surface area contributed by atoms with Gasteiger partial charge < -0.3 is 30.3 Å². The molecule has 3 unspecified atom stereocenters. The monoisotopic (exact) mass is 467 g/mol. The van der Waals surface area contributed by atoms with Crippen LogP contribution in [0.2, 0.25) is 0 Å². The summed E-state index contributed by atoms with van der Waals surface area (Å²) < 4.78 is 10.7. The fourth-order valence-electron chi connectivity index (χ4n) is 4.08. The fraction of sp³-hybridized carbons (Fsp3) is 0.417. The third-order valence-electron chi connectivity index (χ3n) is 6.05. The van der Waals surface area contributed by atoms with Crippen LogP contribution in [0.5, 0.6) is 17.2 Å². The van der Waals surface area contributed by atoms with Crippen molar-refractivity contribution in [1.29, 1.82) is 0 Å². The number of aliphatic hydroxyl groups excluding tert-OH is 1. The normalized spacial score (nSPS) is 20.4. The number of hydrogen-bond acceptors (Lipinski definition) is 9. The third-order valence-corrected chi connectivity index (χ3v) is 6.05. The van der Waals surface area contributed by atoms with Gasteiger partial charge in [0.1, 0.15) is 23.5 Å². The lowest BCUT2D eigenvalue weighted by atomic mass is 9.91. The van der Waals surface area contributed by atoms with Crippen LogP contribution in [0.3, 0.4) is 0 Å². The number of methoxy groups -OCH3 is 1. The van der Waals surface area contributed by atoms with Crippen LogP contribution in [0.1, 0.15) is 37.0 Å². The quantitative estimate of drug-likeness (QED) is 0.396. The molecule has 0 aliphatic carbocycles. The van der Waals surface area contributed by atoms with Crippen LogP contribution in [0, 0.1) is 5.92 Å². The number of carbonyl (C=O) groups is 1. The molecule has 0 saturated carbocycles. The minimum atomic E-state index is -0.865. The molecule has 2 aromatic rings. The molecule has 0 aromatic heterocycles. The Bertz CT molecular complexity index is 1070. The lowest BCUT2D eigenvalue weighted by Gasteiger charge is -2.25. The van der Waals surface area contributed by atoms with E-state index in [-0.39, 0.29) is 29.9 Å². The maximum atomic E-state index is 11.6. The Hall–Kier alpha value is -3.50. The van der Waals surface area contributed by atoms with E-state index in [1.807, 2.05) is 24.3 Å². The van der Waals surface area contributed by atoms with Gasteiger partial charge >= 0.3 is 0 Å². The Morgan fingerprint density at radius 2 is 2.03 bits per heavy atom. The molecule has 10 heteroatoms. The summed E-state index contributed by atoms with van der Waals surface area (Å²) in [6, 6.07) is 10.7. The van der Waals surface area contributed by atoms with E-state index in [1.54, 1.807) is 13.2 Å². The fourth-order valence-corrected chi connectivity index (χ4v) is 4.08. The first-order valence-electron chi connectivity index (χ1n) is 11.2. The number of azo groups is 1. The molecule has 0 bridgehead atoms. The summed E-state index contributed by atoms with van der Waals surface area (Å²) in [5.74, 6) is 0.917. The SMILES string of the molecule is COc1ccc(C2(CCC(C)CNCC(O)c3ccc(O)c4c3OCC(=O)N4)N=CN=N2)cc1. The van der Waals surface area contributed by atoms with Crippen molar-refractivity contribution in [2.45, 2.75) is 31.5 Å². The minimum Gasteiger partial charge on any atom is -0.506 e. The van der Waals surface area contributed by atoms with Gasteiger partial charge in [-0.15, -0.1) is 5.11 Å². The van der Waals surface area contributed by atoms with E-state index in [0.29, 0.717) is 30.8 Å². The first kappa shape index (κ1) is 23.7. The third kappa shape index (κ3) is 5.02. The van der Waals surface area contributed by atoms with Crippen molar-refractivity contribution >= 4 is 17.9 Å². The number of carbonyl (C=O) groups excluding carboxylic acids is 1. The Labute approximate surface area is 197 Å². The van der Waals surface area contributed by atoms with Crippen LogP contribution in [0.25, 0.3) is 0 Å². The molecule has 0 fully saturated rings. The predicted octanol–water partition coefficient (Wildman–Crippen LogP) is 3.12. The highest BCUT2D eigenvalue weighted by Gasteiger charge is 2.34. The molecule has 10 nitrogen and oxygen atoms in total. The van der Waals surface area contributed by atoms with Crippen LogP contribution in [0.15, 0.2) is 51.6 Å². The van der Waals surface area contributed by atoms with Crippen molar-refractivity contribution in [1.82, 2.24) is 5.32 Å². The van der Waals surface area contributed by atoms with Crippen LogP contribution in [0.4, 0.5) is 5.69 Å². The van der Waals surface area contributed by atoms with Crippen LogP contribution in [-0.2, 0) is 10.5 Å². The van der Waals surface area contributed by atoms with E-state index in [2.05, 4.69) is 32.8 Å². The second kappa shape index (κ2) is 10.2. The van der Waals surface area contributed by atoms with E-state index in [1.165, 1.54) is 12.4 Å². The van der Waals surface area contributed by atoms with Crippen molar-refractivity contribution in [2.75, 3.05) is 32.1 Å². The minimum absolute atomic E-state index is 0.0990. The number of nitrogens with one attached hydrogen (secondary N) is 2. The maximum Gasteiger partial charge on any atom is 0.262 e. The van der Waals surface area contributed by atoms with Gasteiger partial charge in [0, 0.05) is 17.7 Å². The molecule has 2 aromatic carbocycles. The highest BCUT2D eigenvalue weighted by molar-refractivity contribution is 5.97. The lowest BCUT2D eigenvalue weighted by Crippen LogP contribution is -2.29. The number of hydrogen-bond donors (Lipinski definition) is 4. The number of phenols is 1. The second-order valence-electron chi connectivity index (χ2n) is 8.54. The number of benzene rings is 2. The van der Waals surface area contributed by atoms with Gasteiger partial charge in [0.25, 0.3) is 5.91 Å². The molecule has 2 heterocycles. The molecule has 2 aliphatic rings. The van der Waals surface area contributed by atoms with Gasteiger partial charge in [0.05, 0.1) is 13.2 Å². The molecule has 0 radical (unpaired) electrons. The molecular weight excluding hydrogens is 438 g/mol.